The lowest BCUT2D eigenvalue weighted by Gasteiger charge is -2.15. The number of rotatable bonds is 0. The van der Waals surface area contributed by atoms with Gasteiger partial charge < -0.3 is 0 Å². The Morgan fingerprint density at radius 3 is 3.15 bits per heavy atom. The van der Waals surface area contributed by atoms with E-state index in [1.54, 1.807) is 0 Å². The second-order valence-electron chi connectivity index (χ2n) is 3.77. The number of hydrogen-bond acceptors (Lipinski definition) is 1. The predicted molar refractivity (Wildman–Crippen MR) is 51.8 cm³/mol. The lowest BCUT2D eigenvalue weighted by atomic mass is 9.89. The Kier molecular flexibility index (Phi) is 1.26. The van der Waals surface area contributed by atoms with Crippen molar-refractivity contribution in [2.45, 2.75) is 18.8 Å². The Labute approximate surface area is 77.1 Å². The Bertz CT molecular complexity index is 415. The molecule has 0 fully saturated rings. The van der Waals surface area contributed by atoms with E-state index in [-0.39, 0.29) is 0 Å². The fourth-order valence-corrected chi connectivity index (χ4v) is 2.42. The van der Waals surface area contributed by atoms with Crippen LogP contribution in [0.15, 0.2) is 24.3 Å². The first-order valence-corrected chi connectivity index (χ1v) is 4.69. The van der Waals surface area contributed by atoms with Crippen molar-refractivity contribution < 1.29 is 4.79 Å². The van der Waals surface area contributed by atoms with Gasteiger partial charge in [-0.3, -0.25) is 4.79 Å². The molecule has 2 aliphatic carbocycles. The molecule has 0 N–H and O–H groups in total. The van der Waals surface area contributed by atoms with E-state index in [9.17, 15) is 4.79 Å². The summed E-state index contributed by atoms with van der Waals surface area (Å²) >= 11 is 0. The summed E-state index contributed by atoms with van der Waals surface area (Å²) in [5, 5.41) is 0. The van der Waals surface area contributed by atoms with E-state index in [1.165, 1.54) is 11.1 Å². The minimum Gasteiger partial charge on any atom is -0.294 e. The third-order valence-electron chi connectivity index (χ3n) is 3.00. The molecule has 1 nitrogen and oxygen atoms in total. The van der Waals surface area contributed by atoms with Gasteiger partial charge in [-0.15, -0.1) is 0 Å². The number of benzene rings is 1. The molecule has 13 heavy (non-hydrogen) atoms. The van der Waals surface area contributed by atoms with Crippen LogP contribution in [0.25, 0.3) is 6.08 Å². The van der Waals surface area contributed by atoms with Gasteiger partial charge in [-0.25, -0.2) is 0 Å². The second-order valence-corrected chi connectivity index (χ2v) is 3.77. The molecule has 0 radical (unpaired) electrons. The van der Waals surface area contributed by atoms with Gasteiger partial charge in [0.1, 0.15) is 0 Å². The second kappa shape index (κ2) is 2.32. The lowest BCUT2D eigenvalue weighted by Crippen LogP contribution is -1.98. The van der Waals surface area contributed by atoms with Crippen molar-refractivity contribution in [3.63, 3.8) is 0 Å². The van der Waals surface area contributed by atoms with Crippen molar-refractivity contribution in [1.82, 2.24) is 0 Å². The van der Waals surface area contributed by atoms with Gasteiger partial charge >= 0.3 is 0 Å². The highest BCUT2D eigenvalue weighted by molar-refractivity contribution is 6.02. The van der Waals surface area contributed by atoms with Crippen molar-refractivity contribution in [3.05, 3.63) is 41.0 Å². The van der Waals surface area contributed by atoms with Gasteiger partial charge in [0.25, 0.3) is 0 Å². The van der Waals surface area contributed by atoms with Crippen molar-refractivity contribution in [1.29, 1.82) is 0 Å². The topological polar surface area (TPSA) is 17.1 Å². The quantitative estimate of drug-likeness (QED) is 0.585. The summed E-state index contributed by atoms with van der Waals surface area (Å²) < 4.78 is 0. The van der Waals surface area contributed by atoms with E-state index in [0.29, 0.717) is 11.7 Å². The zero-order chi connectivity index (χ0) is 8.84. The summed E-state index contributed by atoms with van der Waals surface area (Å²) in [5.41, 5.74) is 3.52. The van der Waals surface area contributed by atoms with Crippen LogP contribution in [0.5, 0.6) is 0 Å². The van der Waals surface area contributed by atoms with Crippen LogP contribution in [0, 0.1) is 0 Å². The Morgan fingerprint density at radius 2 is 2.23 bits per heavy atom. The van der Waals surface area contributed by atoms with Gasteiger partial charge in [0.2, 0.25) is 0 Å². The molecule has 1 aromatic rings. The zero-order valence-electron chi connectivity index (χ0n) is 7.29. The van der Waals surface area contributed by atoms with Gasteiger partial charge in [0.05, 0.1) is 0 Å². The minimum atomic E-state index is 0.325. The van der Waals surface area contributed by atoms with Crippen molar-refractivity contribution in [2.75, 3.05) is 0 Å². The summed E-state index contributed by atoms with van der Waals surface area (Å²) in [4.78, 5) is 11.6. The number of carbonyl (C=O) groups is 1. The molecule has 0 aromatic heterocycles. The van der Waals surface area contributed by atoms with Crippen LogP contribution in [-0.4, -0.2) is 5.78 Å². The van der Waals surface area contributed by atoms with E-state index in [1.807, 2.05) is 12.1 Å². The molecule has 2 aliphatic rings. The number of hydrogen-bond donors (Lipinski definition) is 0. The maximum Gasteiger partial charge on any atom is 0.163 e. The van der Waals surface area contributed by atoms with E-state index in [4.69, 9.17) is 0 Å². The fourth-order valence-electron chi connectivity index (χ4n) is 2.42. The molecule has 1 heteroatoms. The van der Waals surface area contributed by atoms with Gasteiger partial charge in [-0.05, 0) is 23.5 Å². The van der Waals surface area contributed by atoms with Crippen LogP contribution in [0.4, 0.5) is 0 Å². The van der Waals surface area contributed by atoms with E-state index < -0.39 is 0 Å². The molecule has 0 saturated heterocycles. The van der Waals surface area contributed by atoms with E-state index in [2.05, 4.69) is 18.2 Å². The zero-order valence-corrected chi connectivity index (χ0v) is 7.29. The Hall–Kier alpha value is -1.37. The van der Waals surface area contributed by atoms with E-state index in [0.717, 1.165) is 18.4 Å². The summed E-state index contributed by atoms with van der Waals surface area (Å²) in [7, 11) is 0. The first-order chi connectivity index (χ1) is 6.36. The molecule has 0 amide bonds. The fraction of sp³-hybridized carbons (Fsp3) is 0.250. The minimum absolute atomic E-state index is 0.325. The molecule has 64 valence electrons. The van der Waals surface area contributed by atoms with Crippen LogP contribution < -0.4 is 0 Å². The van der Waals surface area contributed by atoms with Crippen molar-refractivity contribution in [3.8, 4) is 0 Å². The maximum absolute atomic E-state index is 11.6. The molecular formula is C12H10O. The average Bonchev–Trinajstić information content (AvgIpc) is 2.47. The summed E-state index contributed by atoms with van der Waals surface area (Å²) in [5.74, 6) is 0.800. The third kappa shape index (κ3) is 0.844. The maximum atomic E-state index is 11.6. The van der Waals surface area contributed by atoms with Gasteiger partial charge in [-0.2, -0.15) is 0 Å². The molecule has 0 heterocycles. The highest BCUT2D eigenvalue weighted by Crippen LogP contribution is 2.40. The summed E-state index contributed by atoms with van der Waals surface area (Å²) in [6, 6.07) is 6.03. The standard InChI is InChI=1S/C12H10O/c13-11-7-9-5-1-3-8-4-2-6-10(11)12(8)9/h1-4,6,9H,5,7H2. The molecule has 3 rings (SSSR count). The first-order valence-electron chi connectivity index (χ1n) is 4.69. The number of carbonyl (C=O) groups excluding carboxylic acids is 1. The molecule has 1 aromatic carbocycles. The largest absolute Gasteiger partial charge is 0.294 e. The highest BCUT2D eigenvalue weighted by Gasteiger charge is 2.31. The third-order valence-corrected chi connectivity index (χ3v) is 3.00. The summed E-state index contributed by atoms with van der Waals surface area (Å²) in [6.45, 7) is 0. The predicted octanol–water partition coefficient (Wildman–Crippen LogP) is 2.77. The number of allylic oxidation sites excluding steroid dienone is 1. The Balaban J connectivity index is 2.34. The SMILES string of the molecule is O=C1CC2CC=Cc3cccc1c32. The van der Waals surface area contributed by atoms with Crippen LogP contribution in [0.3, 0.4) is 0 Å². The van der Waals surface area contributed by atoms with Crippen LogP contribution in [0.2, 0.25) is 0 Å². The number of ketones is 1. The average molecular weight is 170 g/mol. The lowest BCUT2D eigenvalue weighted by molar-refractivity contribution is 0.0989. The molecule has 0 saturated carbocycles. The smallest absolute Gasteiger partial charge is 0.163 e. The van der Waals surface area contributed by atoms with Gasteiger partial charge in [0.15, 0.2) is 5.78 Å². The highest BCUT2D eigenvalue weighted by atomic mass is 16.1. The Morgan fingerprint density at radius 1 is 1.31 bits per heavy atom. The van der Waals surface area contributed by atoms with Crippen LogP contribution in [-0.2, 0) is 0 Å². The molecule has 0 spiro atoms. The monoisotopic (exact) mass is 170 g/mol. The van der Waals surface area contributed by atoms with Crippen LogP contribution in [0.1, 0.15) is 40.2 Å². The van der Waals surface area contributed by atoms with Gasteiger partial charge in [0, 0.05) is 12.0 Å². The molecule has 1 atom stereocenters. The van der Waals surface area contributed by atoms with Gasteiger partial charge in [-0.1, -0.05) is 30.4 Å². The van der Waals surface area contributed by atoms with Crippen molar-refractivity contribution in [2.24, 2.45) is 0 Å². The van der Waals surface area contributed by atoms with Crippen molar-refractivity contribution >= 4 is 11.9 Å². The number of Topliss-reactive ketones (excluding diaryl/α,β-unsaturated/α-hetero) is 1. The molecule has 0 bridgehead atoms. The first kappa shape index (κ1) is 7.07. The van der Waals surface area contributed by atoms with Crippen LogP contribution >= 0.6 is 0 Å². The van der Waals surface area contributed by atoms with E-state index >= 15 is 0 Å². The normalized spacial score (nSPS) is 23.4. The summed E-state index contributed by atoms with van der Waals surface area (Å²) in [6.07, 6.45) is 6.07. The molecule has 0 aliphatic heterocycles. The molecular weight excluding hydrogens is 160 g/mol. The molecule has 1 unspecified atom stereocenters.